The molecule has 0 aromatic heterocycles. The second kappa shape index (κ2) is 8.10. The highest BCUT2D eigenvalue weighted by atomic mass is 79.9. The van der Waals surface area contributed by atoms with Gasteiger partial charge >= 0.3 is 0 Å². The Morgan fingerprint density at radius 3 is 2.89 bits per heavy atom. The van der Waals surface area contributed by atoms with E-state index in [1.165, 1.54) is 0 Å². The van der Waals surface area contributed by atoms with E-state index in [1.54, 1.807) is 0 Å². The maximum absolute atomic E-state index is 11.9. The molecule has 1 aromatic carbocycles. The minimum absolute atomic E-state index is 0. The molecule has 19 heavy (non-hydrogen) atoms. The van der Waals surface area contributed by atoms with Gasteiger partial charge in [-0.1, -0.05) is 40.0 Å². The minimum Gasteiger partial charge on any atom is -0.351 e. The van der Waals surface area contributed by atoms with Crippen molar-refractivity contribution in [3.8, 4) is 0 Å². The zero-order valence-corrected chi connectivity index (χ0v) is 13.6. The van der Waals surface area contributed by atoms with Crippen LogP contribution in [0.4, 0.5) is 0 Å². The van der Waals surface area contributed by atoms with Crippen LogP contribution in [0.15, 0.2) is 22.7 Å². The Balaban J connectivity index is 0.00000180. The predicted molar refractivity (Wildman–Crippen MR) is 83.9 cm³/mol. The third kappa shape index (κ3) is 4.95. The van der Waals surface area contributed by atoms with E-state index < -0.39 is 0 Å². The highest BCUT2D eigenvalue weighted by Crippen LogP contribution is 2.21. The van der Waals surface area contributed by atoms with Gasteiger partial charge in [0, 0.05) is 16.0 Å². The first kappa shape index (κ1) is 16.8. The SMILES string of the molecule is Cl.O=C(NCc1ccc(Br)cc1Cl)C1CCCCN1. The Kier molecular flexibility index (Phi) is 7.15. The summed E-state index contributed by atoms with van der Waals surface area (Å²) in [7, 11) is 0. The summed E-state index contributed by atoms with van der Waals surface area (Å²) in [6.07, 6.45) is 3.19. The number of carbonyl (C=O) groups is 1. The molecule has 1 atom stereocenters. The lowest BCUT2D eigenvalue weighted by Crippen LogP contribution is -2.46. The van der Waals surface area contributed by atoms with Crippen molar-refractivity contribution < 1.29 is 4.79 Å². The number of carbonyl (C=O) groups excluding carboxylic acids is 1. The summed E-state index contributed by atoms with van der Waals surface area (Å²) in [5.74, 6) is 0.0636. The summed E-state index contributed by atoms with van der Waals surface area (Å²) in [6.45, 7) is 1.40. The maximum atomic E-state index is 11.9. The molecule has 0 radical (unpaired) electrons. The lowest BCUT2D eigenvalue weighted by molar-refractivity contribution is -0.123. The molecule has 0 saturated carbocycles. The van der Waals surface area contributed by atoms with Crippen molar-refractivity contribution in [2.24, 2.45) is 0 Å². The molecule has 0 aliphatic carbocycles. The number of nitrogens with one attached hydrogen (secondary N) is 2. The summed E-state index contributed by atoms with van der Waals surface area (Å²) >= 11 is 9.46. The van der Waals surface area contributed by atoms with Crippen molar-refractivity contribution in [3.63, 3.8) is 0 Å². The Hall–Kier alpha value is -0.290. The van der Waals surface area contributed by atoms with Crippen LogP contribution in [0.25, 0.3) is 0 Å². The second-order valence-electron chi connectivity index (χ2n) is 4.46. The topological polar surface area (TPSA) is 41.1 Å². The van der Waals surface area contributed by atoms with Crippen molar-refractivity contribution in [1.29, 1.82) is 0 Å². The molecule has 0 bridgehead atoms. The Morgan fingerprint density at radius 2 is 2.26 bits per heavy atom. The molecule has 1 heterocycles. The van der Waals surface area contributed by atoms with Gasteiger partial charge in [-0.3, -0.25) is 4.79 Å². The second-order valence-corrected chi connectivity index (χ2v) is 5.78. The van der Waals surface area contributed by atoms with Gasteiger partial charge in [0.15, 0.2) is 0 Å². The molecule has 1 saturated heterocycles. The van der Waals surface area contributed by atoms with Gasteiger partial charge in [-0.25, -0.2) is 0 Å². The number of hydrogen-bond donors (Lipinski definition) is 2. The van der Waals surface area contributed by atoms with E-state index in [1.807, 2.05) is 18.2 Å². The van der Waals surface area contributed by atoms with Gasteiger partial charge in [-0.15, -0.1) is 12.4 Å². The molecule has 1 amide bonds. The van der Waals surface area contributed by atoms with Gasteiger partial charge in [0.05, 0.1) is 6.04 Å². The van der Waals surface area contributed by atoms with Gasteiger partial charge in [0.1, 0.15) is 0 Å². The Bertz CT molecular complexity index is 437. The number of rotatable bonds is 3. The molecule has 1 aromatic rings. The molecular weight excluding hydrogens is 351 g/mol. The van der Waals surface area contributed by atoms with Crippen LogP contribution in [0, 0.1) is 0 Å². The number of benzene rings is 1. The smallest absolute Gasteiger partial charge is 0.237 e. The fourth-order valence-electron chi connectivity index (χ4n) is 2.05. The first-order valence-corrected chi connectivity index (χ1v) is 7.29. The van der Waals surface area contributed by atoms with Crippen molar-refractivity contribution >= 4 is 45.8 Å². The average molecular weight is 368 g/mol. The van der Waals surface area contributed by atoms with Crippen molar-refractivity contribution in [1.82, 2.24) is 10.6 Å². The van der Waals surface area contributed by atoms with Crippen LogP contribution in [0.1, 0.15) is 24.8 Å². The van der Waals surface area contributed by atoms with E-state index in [0.29, 0.717) is 11.6 Å². The van der Waals surface area contributed by atoms with Gasteiger partial charge in [0.25, 0.3) is 0 Å². The lowest BCUT2D eigenvalue weighted by Gasteiger charge is -2.22. The van der Waals surface area contributed by atoms with Gasteiger partial charge < -0.3 is 10.6 Å². The van der Waals surface area contributed by atoms with E-state index in [0.717, 1.165) is 35.8 Å². The van der Waals surface area contributed by atoms with Crippen LogP contribution in [-0.2, 0) is 11.3 Å². The van der Waals surface area contributed by atoms with Crippen molar-refractivity contribution in [2.75, 3.05) is 6.54 Å². The molecule has 6 heteroatoms. The zero-order chi connectivity index (χ0) is 13.0. The first-order chi connectivity index (χ1) is 8.66. The Morgan fingerprint density at radius 1 is 1.47 bits per heavy atom. The fourth-order valence-corrected chi connectivity index (χ4v) is 2.79. The van der Waals surface area contributed by atoms with Crippen LogP contribution in [0.5, 0.6) is 0 Å². The molecule has 3 nitrogen and oxygen atoms in total. The van der Waals surface area contributed by atoms with E-state index in [9.17, 15) is 4.79 Å². The average Bonchev–Trinajstić information content (AvgIpc) is 2.38. The number of hydrogen-bond acceptors (Lipinski definition) is 2. The van der Waals surface area contributed by atoms with Gasteiger partial charge in [-0.05, 0) is 37.1 Å². The van der Waals surface area contributed by atoms with Crippen LogP contribution >= 0.6 is 39.9 Å². The normalized spacial score (nSPS) is 18.5. The van der Waals surface area contributed by atoms with E-state index in [2.05, 4.69) is 26.6 Å². The molecule has 1 fully saturated rings. The third-order valence-electron chi connectivity index (χ3n) is 3.09. The molecular formula is C13H17BrCl2N2O. The van der Waals surface area contributed by atoms with E-state index in [4.69, 9.17) is 11.6 Å². The summed E-state index contributed by atoms with van der Waals surface area (Å²) < 4.78 is 0.941. The summed E-state index contributed by atoms with van der Waals surface area (Å²) in [6, 6.07) is 5.63. The number of halogens is 3. The Labute approximate surface area is 133 Å². The fraction of sp³-hybridized carbons (Fsp3) is 0.462. The van der Waals surface area contributed by atoms with Crippen LogP contribution in [0.2, 0.25) is 5.02 Å². The molecule has 0 spiro atoms. The summed E-state index contributed by atoms with van der Waals surface area (Å²) in [5, 5.41) is 6.82. The van der Waals surface area contributed by atoms with Crippen LogP contribution in [-0.4, -0.2) is 18.5 Å². The molecule has 106 valence electrons. The van der Waals surface area contributed by atoms with Gasteiger partial charge in [0.2, 0.25) is 5.91 Å². The van der Waals surface area contributed by atoms with E-state index in [-0.39, 0.29) is 24.4 Å². The van der Waals surface area contributed by atoms with Gasteiger partial charge in [-0.2, -0.15) is 0 Å². The molecule has 1 unspecified atom stereocenters. The zero-order valence-electron chi connectivity index (χ0n) is 10.4. The highest BCUT2D eigenvalue weighted by molar-refractivity contribution is 9.10. The standard InChI is InChI=1S/C13H16BrClN2O.ClH/c14-10-5-4-9(11(15)7-10)8-17-13(18)12-3-1-2-6-16-12;/h4-5,7,12,16H,1-3,6,8H2,(H,17,18);1H. The molecule has 1 aliphatic rings. The van der Waals surface area contributed by atoms with Crippen molar-refractivity contribution in [3.05, 3.63) is 33.3 Å². The first-order valence-electron chi connectivity index (χ1n) is 6.12. The van der Waals surface area contributed by atoms with Crippen LogP contribution < -0.4 is 10.6 Å². The number of amides is 1. The van der Waals surface area contributed by atoms with E-state index >= 15 is 0 Å². The predicted octanol–water partition coefficient (Wildman–Crippen LogP) is 3.28. The molecule has 2 N–H and O–H groups in total. The van der Waals surface area contributed by atoms with Crippen LogP contribution in [0.3, 0.4) is 0 Å². The summed E-state index contributed by atoms with van der Waals surface area (Å²) in [5.41, 5.74) is 0.934. The maximum Gasteiger partial charge on any atom is 0.237 e. The number of piperidine rings is 1. The third-order valence-corrected chi connectivity index (χ3v) is 3.94. The quantitative estimate of drug-likeness (QED) is 0.860. The molecule has 1 aliphatic heterocycles. The van der Waals surface area contributed by atoms with Crippen molar-refractivity contribution in [2.45, 2.75) is 31.8 Å². The highest BCUT2D eigenvalue weighted by Gasteiger charge is 2.20. The summed E-state index contributed by atoms with van der Waals surface area (Å²) in [4.78, 5) is 11.9. The molecule has 2 rings (SSSR count). The monoisotopic (exact) mass is 366 g/mol. The minimum atomic E-state index is -0.0482. The largest absolute Gasteiger partial charge is 0.351 e. The lowest BCUT2D eigenvalue weighted by atomic mass is 10.0.